The number of primary amides is 1. The molecular formula is C26H34N2O8. The summed E-state index contributed by atoms with van der Waals surface area (Å²) in [6, 6.07) is 2.75. The zero-order valence-electron chi connectivity index (χ0n) is 21.0. The van der Waals surface area contributed by atoms with Gasteiger partial charge in [-0.25, -0.2) is 0 Å². The number of hydrogen-bond donors (Lipinski definition) is 6. The first kappa shape index (κ1) is 26.4. The molecule has 7 N–H and O–H groups in total. The lowest BCUT2D eigenvalue weighted by molar-refractivity contribution is -0.306. The zero-order chi connectivity index (χ0) is 27.3. The van der Waals surface area contributed by atoms with E-state index in [9.17, 15) is 39.9 Å². The first-order valence-electron chi connectivity index (χ1n) is 12.0. The van der Waals surface area contributed by atoms with Crippen LogP contribution in [0, 0.1) is 34.5 Å². The minimum atomic E-state index is -2.80. The molecule has 0 heterocycles. The first-order chi connectivity index (χ1) is 16.6. The molecule has 3 aliphatic rings. The van der Waals surface area contributed by atoms with Gasteiger partial charge in [-0.2, -0.15) is 0 Å². The van der Waals surface area contributed by atoms with E-state index < -0.39 is 81.8 Å². The Bertz CT molecular complexity index is 1180. The van der Waals surface area contributed by atoms with E-state index in [-0.39, 0.29) is 11.3 Å². The van der Waals surface area contributed by atoms with E-state index >= 15 is 0 Å². The average Bonchev–Trinajstić information content (AvgIpc) is 2.79. The molecule has 0 spiro atoms. The molecule has 10 heteroatoms. The maximum absolute atomic E-state index is 13.9. The molecule has 2 fully saturated rings. The van der Waals surface area contributed by atoms with Crippen molar-refractivity contribution in [2.24, 2.45) is 45.2 Å². The van der Waals surface area contributed by atoms with Gasteiger partial charge in [0.25, 0.3) is 0 Å². The number of aliphatic hydroxyl groups is 4. The van der Waals surface area contributed by atoms with E-state index in [1.807, 2.05) is 0 Å². The zero-order valence-corrected chi connectivity index (χ0v) is 21.0. The lowest BCUT2D eigenvalue weighted by atomic mass is 9.36. The van der Waals surface area contributed by atoms with Gasteiger partial charge in [-0.15, -0.1) is 0 Å². The summed E-state index contributed by atoms with van der Waals surface area (Å²) in [5.74, 6) is -9.25. The molecule has 0 aromatic heterocycles. The molecule has 0 aliphatic heterocycles. The van der Waals surface area contributed by atoms with E-state index in [4.69, 9.17) is 5.73 Å². The fourth-order valence-electron chi connectivity index (χ4n) is 7.94. The van der Waals surface area contributed by atoms with Crippen molar-refractivity contribution in [1.29, 1.82) is 0 Å². The van der Waals surface area contributed by atoms with Crippen LogP contribution in [0.15, 0.2) is 17.1 Å². The van der Waals surface area contributed by atoms with Crippen molar-refractivity contribution < 1.29 is 39.9 Å². The number of amides is 1. The summed E-state index contributed by atoms with van der Waals surface area (Å²) in [6.45, 7) is 11.6. The number of phenolic OH excluding ortho intramolecular Hbond substituents is 1. The monoisotopic (exact) mass is 502 g/mol. The molecule has 2 saturated carbocycles. The van der Waals surface area contributed by atoms with Gasteiger partial charge in [-0.05, 0) is 42.2 Å². The van der Waals surface area contributed by atoms with Crippen molar-refractivity contribution in [2.45, 2.75) is 64.4 Å². The Morgan fingerprint density at radius 3 is 2.25 bits per heavy atom. The summed E-state index contributed by atoms with van der Waals surface area (Å²) >= 11 is 0. The summed E-state index contributed by atoms with van der Waals surface area (Å²) in [4.78, 5) is 43.8. The quantitative estimate of drug-likeness (QED) is 0.253. The Labute approximate surface area is 208 Å². The first-order valence-corrected chi connectivity index (χ1v) is 12.0. The number of nitrogens with two attached hydrogens (primary N) is 1. The SMILES string of the molecule is C=Nc1ccc(O)c2c1[C@@H](C)[C@@]1(C)[C@H](C2=O)C(O)[C@@]2(O)C(=O)[C@H](C(N)=O)C(O)[C@H](C(C)C)[C@@]2(C)[C@@H]1O. The fraction of sp³-hybridized carbons (Fsp3) is 0.615. The van der Waals surface area contributed by atoms with Gasteiger partial charge in [0, 0.05) is 10.8 Å². The minimum absolute atomic E-state index is 0.136. The normalized spacial score (nSPS) is 44.0. The molecule has 10 atom stereocenters. The molecule has 0 radical (unpaired) electrons. The molecular weight excluding hydrogens is 468 g/mol. The highest BCUT2D eigenvalue weighted by Gasteiger charge is 2.80. The van der Waals surface area contributed by atoms with Crippen molar-refractivity contribution in [2.75, 3.05) is 0 Å². The second-order valence-corrected chi connectivity index (χ2v) is 11.4. The number of carbonyl (C=O) groups is 3. The number of hydrogen-bond acceptors (Lipinski definition) is 9. The Morgan fingerprint density at radius 2 is 1.75 bits per heavy atom. The number of benzene rings is 1. The van der Waals surface area contributed by atoms with Crippen LogP contribution in [0.1, 0.15) is 56.5 Å². The summed E-state index contributed by atoms with van der Waals surface area (Å²) < 4.78 is 0. The third-order valence-electron chi connectivity index (χ3n) is 9.74. The predicted molar refractivity (Wildman–Crippen MR) is 129 cm³/mol. The number of carbonyl (C=O) groups excluding carboxylic acids is 3. The van der Waals surface area contributed by atoms with Crippen molar-refractivity contribution in [3.8, 4) is 5.75 Å². The number of aromatic hydroxyl groups is 1. The number of fused-ring (bicyclic) bond motifs is 3. The Balaban J connectivity index is 2.08. The van der Waals surface area contributed by atoms with E-state index in [0.29, 0.717) is 11.3 Å². The molecule has 4 rings (SSSR count). The molecule has 3 aliphatic carbocycles. The topological polar surface area (TPSA) is 191 Å². The van der Waals surface area contributed by atoms with E-state index in [1.165, 1.54) is 19.1 Å². The van der Waals surface area contributed by atoms with Crippen LogP contribution in [0.2, 0.25) is 0 Å². The lowest BCUT2D eigenvalue weighted by Crippen LogP contribution is -2.83. The van der Waals surface area contributed by atoms with Crippen molar-refractivity contribution in [3.63, 3.8) is 0 Å². The highest BCUT2D eigenvalue weighted by atomic mass is 16.4. The van der Waals surface area contributed by atoms with Gasteiger partial charge in [-0.3, -0.25) is 19.4 Å². The van der Waals surface area contributed by atoms with Crippen molar-refractivity contribution in [3.05, 3.63) is 23.3 Å². The third-order valence-corrected chi connectivity index (χ3v) is 9.74. The van der Waals surface area contributed by atoms with Crippen LogP contribution in [0.25, 0.3) is 0 Å². The van der Waals surface area contributed by atoms with Gasteiger partial charge in [0.05, 0.1) is 29.4 Å². The number of Topliss-reactive ketones (excluding diaryl/α,β-unsaturated/α-hetero) is 2. The second kappa shape index (κ2) is 7.92. The second-order valence-electron chi connectivity index (χ2n) is 11.4. The van der Waals surface area contributed by atoms with E-state index in [2.05, 4.69) is 11.7 Å². The van der Waals surface area contributed by atoms with Gasteiger partial charge in [0.15, 0.2) is 17.2 Å². The number of ketones is 2. The molecule has 1 aromatic carbocycles. The minimum Gasteiger partial charge on any atom is -0.507 e. The maximum Gasteiger partial charge on any atom is 0.230 e. The number of rotatable bonds is 3. The van der Waals surface area contributed by atoms with Gasteiger partial charge in [0.2, 0.25) is 5.91 Å². The highest BCUT2D eigenvalue weighted by Crippen LogP contribution is 2.68. The summed E-state index contributed by atoms with van der Waals surface area (Å²) in [7, 11) is 0. The van der Waals surface area contributed by atoms with E-state index in [1.54, 1.807) is 27.7 Å². The predicted octanol–water partition coefficient (Wildman–Crippen LogP) is 0.437. The van der Waals surface area contributed by atoms with Crippen LogP contribution >= 0.6 is 0 Å². The largest absolute Gasteiger partial charge is 0.507 e. The van der Waals surface area contributed by atoms with Gasteiger partial charge < -0.3 is 31.3 Å². The van der Waals surface area contributed by atoms with Crippen LogP contribution in [0.4, 0.5) is 5.69 Å². The smallest absolute Gasteiger partial charge is 0.230 e. The Morgan fingerprint density at radius 1 is 1.17 bits per heavy atom. The average molecular weight is 503 g/mol. The maximum atomic E-state index is 13.9. The molecule has 2 unspecified atom stereocenters. The number of aliphatic hydroxyl groups excluding tert-OH is 3. The molecule has 1 amide bonds. The van der Waals surface area contributed by atoms with Crippen LogP contribution in [-0.2, 0) is 9.59 Å². The fourth-order valence-corrected chi connectivity index (χ4v) is 7.94. The van der Waals surface area contributed by atoms with Crippen molar-refractivity contribution >= 4 is 29.9 Å². The van der Waals surface area contributed by atoms with Crippen LogP contribution in [0.3, 0.4) is 0 Å². The number of nitrogens with zero attached hydrogens (tertiary/aromatic N) is 1. The van der Waals surface area contributed by atoms with Gasteiger partial charge in [-0.1, -0.05) is 34.6 Å². The number of aliphatic imine (C=N–C) groups is 1. The Hall–Kier alpha value is -2.66. The molecule has 10 nitrogen and oxygen atoms in total. The standard InChI is InChI=1S/C26H34N2O8/c1-9(2)16-19(31)15(22(27)34)20(32)26(36)21(33)17-18(30)14-12(29)8-7-11(28-6)13(14)10(3)24(17,4)23(35)25(16,26)5/h7-10,15-17,19,21,23,29,31,33,35-36H,6H2,1-5H3,(H2,27,34)/t10-,15-,16+,17-,19?,21?,23-,24+,25+,26+/m1/s1. The summed E-state index contributed by atoms with van der Waals surface area (Å²) in [6.07, 6.45) is -5.35. The van der Waals surface area contributed by atoms with Gasteiger partial charge >= 0.3 is 0 Å². The molecule has 1 aromatic rings. The third kappa shape index (κ3) is 2.70. The van der Waals surface area contributed by atoms with E-state index in [0.717, 1.165) is 0 Å². The van der Waals surface area contributed by atoms with Crippen molar-refractivity contribution in [1.82, 2.24) is 0 Å². The van der Waals surface area contributed by atoms with Crippen LogP contribution in [-0.4, -0.2) is 73.6 Å². The summed E-state index contributed by atoms with van der Waals surface area (Å²) in [5.41, 5.74) is -0.230. The number of phenols is 1. The molecule has 36 heavy (non-hydrogen) atoms. The van der Waals surface area contributed by atoms with Gasteiger partial charge in [0.1, 0.15) is 17.8 Å². The summed E-state index contributed by atoms with van der Waals surface area (Å²) in [5, 5.41) is 57.7. The Kier molecular flexibility index (Phi) is 5.81. The van der Waals surface area contributed by atoms with Crippen LogP contribution < -0.4 is 5.73 Å². The molecule has 0 saturated heterocycles. The highest BCUT2D eigenvalue weighted by molar-refractivity contribution is 6.10. The lowest BCUT2D eigenvalue weighted by Gasteiger charge is -2.69. The molecule has 0 bridgehead atoms. The van der Waals surface area contributed by atoms with Crippen LogP contribution in [0.5, 0.6) is 5.75 Å². The molecule has 196 valence electrons.